The fourth-order valence-electron chi connectivity index (χ4n) is 2.19. The molecule has 0 amide bonds. The number of hydrogen-bond donors (Lipinski definition) is 1. The van der Waals surface area contributed by atoms with E-state index in [9.17, 15) is 0 Å². The van der Waals surface area contributed by atoms with Crippen LogP contribution in [0.15, 0.2) is 46.8 Å². The van der Waals surface area contributed by atoms with Crippen LogP contribution in [-0.4, -0.2) is 0 Å². The highest BCUT2D eigenvalue weighted by Crippen LogP contribution is 2.28. The van der Waals surface area contributed by atoms with E-state index in [4.69, 9.17) is 0 Å². The van der Waals surface area contributed by atoms with Crippen LogP contribution in [0.2, 0.25) is 0 Å². The monoisotopic (exact) mass is 201 g/mol. The van der Waals surface area contributed by atoms with Gasteiger partial charge in [0.1, 0.15) is 0 Å². The SMILES string of the molecule is CCC1=CCC2=C(C=CCC=C2CC)N1. The standard InChI is InChI=1S/C14H19N/c1-3-11-7-5-6-8-14-13(11)10-9-12(4-2)15-14/h6-9,15H,3-5,10H2,1-2H3. The minimum Gasteiger partial charge on any atom is -0.359 e. The van der Waals surface area contributed by atoms with Crippen molar-refractivity contribution in [3.8, 4) is 0 Å². The maximum Gasteiger partial charge on any atom is 0.0417 e. The largest absolute Gasteiger partial charge is 0.359 e. The second-order valence-electron chi connectivity index (χ2n) is 4.03. The first-order chi connectivity index (χ1) is 7.35. The lowest BCUT2D eigenvalue weighted by Crippen LogP contribution is -2.17. The van der Waals surface area contributed by atoms with E-state index in [0.717, 1.165) is 25.7 Å². The zero-order chi connectivity index (χ0) is 10.7. The molecule has 0 spiro atoms. The molecule has 0 bridgehead atoms. The second-order valence-corrected chi connectivity index (χ2v) is 4.03. The van der Waals surface area contributed by atoms with Crippen molar-refractivity contribution in [2.24, 2.45) is 0 Å². The molecule has 0 saturated heterocycles. The average molecular weight is 201 g/mol. The topological polar surface area (TPSA) is 12.0 Å². The predicted molar refractivity (Wildman–Crippen MR) is 65.3 cm³/mol. The molecule has 80 valence electrons. The zero-order valence-electron chi connectivity index (χ0n) is 9.64. The van der Waals surface area contributed by atoms with E-state index in [1.54, 1.807) is 0 Å². The molecule has 0 saturated carbocycles. The zero-order valence-corrected chi connectivity index (χ0v) is 9.64. The van der Waals surface area contributed by atoms with Crippen LogP contribution < -0.4 is 5.32 Å². The van der Waals surface area contributed by atoms with Gasteiger partial charge in [-0.2, -0.15) is 0 Å². The molecule has 1 aliphatic heterocycles. The first-order valence-electron chi connectivity index (χ1n) is 5.90. The minimum absolute atomic E-state index is 1.07. The summed E-state index contributed by atoms with van der Waals surface area (Å²) in [5.74, 6) is 0. The van der Waals surface area contributed by atoms with Crippen molar-refractivity contribution >= 4 is 0 Å². The van der Waals surface area contributed by atoms with Crippen LogP contribution in [0.25, 0.3) is 0 Å². The molecule has 0 unspecified atom stereocenters. The van der Waals surface area contributed by atoms with Gasteiger partial charge in [0, 0.05) is 11.4 Å². The molecule has 2 aliphatic rings. The molecule has 0 aromatic heterocycles. The smallest absolute Gasteiger partial charge is 0.0417 e. The summed E-state index contributed by atoms with van der Waals surface area (Å²) in [5.41, 5.74) is 5.67. The normalized spacial score (nSPS) is 20.1. The van der Waals surface area contributed by atoms with Gasteiger partial charge in [-0.1, -0.05) is 32.1 Å². The molecule has 0 atom stereocenters. The number of dihydropyridines is 1. The lowest BCUT2D eigenvalue weighted by atomic mass is 9.95. The Bertz CT molecular complexity index is 367. The summed E-state index contributed by atoms with van der Waals surface area (Å²) < 4.78 is 0. The molecule has 1 N–H and O–H groups in total. The average Bonchev–Trinajstić information content (AvgIpc) is 2.49. The first kappa shape index (κ1) is 10.3. The maximum atomic E-state index is 3.52. The van der Waals surface area contributed by atoms with Crippen LogP contribution in [0.1, 0.15) is 39.5 Å². The summed E-state index contributed by atoms with van der Waals surface area (Å²) in [4.78, 5) is 0. The highest BCUT2D eigenvalue weighted by molar-refractivity contribution is 5.46. The van der Waals surface area contributed by atoms with Crippen LogP contribution in [-0.2, 0) is 0 Å². The second kappa shape index (κ2) is 4.52. The van der Waals surface area contributed by atoms with Gasteiger partial charge in [-0.3, -0.25) is 0 Å². The van der Waals surface area contributed by atoms with Gasteiger partial charge in [-0.15, -0.1) is 0 Å². The summed E-state index contributed by atoms with van der Waals surface area (Å²) >= 11 is 0. The molecule has 1 nitrogen and oxygen atoms in total. The molecule has 1 heteroatoms. The fourth-order valence-corrected chi connectivity index (χ4v) is 2.19. The quantitative estimate of drug-likeness (QED) is 0.716. The number of rotatable bonds is 2. The molecule has 0 fully saturated rings. The van der Waals surface area contributed by atoms with E-state index in [1.807, 2.05) is 0 Å². The third-order valence-corrected chi connectivity index (χ3v) is 3.11. The Hall–Kier alpha value is -1.24. The van der Waals surface area contributed by atoms with Gasteiger partial charge in [-0.25, -0.2) is 0 Å². The van der Waals surface area contributed by atoms with Crippen molar-refractivity contribution in [1.82, 2.24) is 5.32 Å². The van der Waals surface area contributed by atoms with Crippen molar-refractivity contribution in [3.05, 3.63) is 46.8 Å². The van der Waals surface area contributed by atoms with Gasteiger partial charge in [0.2, 0.25) is 0 Å². The molecular formula is C14H19N. The van der Waals surface area contributed by atoms with Crippen molar-refractivity contribution < 1.29 is 0 Å². The molecule has 15 heavy (non-hydrogen) atoms. The molecule has 0 aromatic rings. The fraction of sp³-hybridized carbons (Fsp3) is 0.429. The molecule has 0 radical (unpaired) electrons. The number of allylic oxidation sites excluding steroid dienone is 7. The number of nitrogens with one attached hydrogen (secondary N) is 1. The molecular weight excluding hydrogens is 182 g/mol. The third-order valence-electron chi connectivity index (χ3n) is 3.11. The Kier molecular flexibility index (Phi) is 3.10. The third kappa shape index (κ3) is 2.06. The van der Waals surface area contributed by atoms with Crippen molar-refractivity contribution in [3.63, 3.8) is 0 Å². The Morgan fingerprint density at radius 2 is 2.07 bits per heavy atom. The predicted octanol–water partition coefficient (Wildman–Crippen LogP) is 3.82. The van der Waals surface area contributed by atoms with Crippen LogP contribution in [0, 0.1) is 0 Å². The summed E-state index contributed by atoms with van der Waals surface area (Å²) in [7, 11) is 0. The highest BCUT2D eigenvalue weighted by atomic mass is 14.9. The summed E-state index contributed by atoms with van der Waals surface area (Å²) in [6, 6.07) is 0. The van der Waals surface area contributed by atoms with Crippen molar-refractivity contribution in [1.29, 1.82) is 0 Å². The lowest BCUT2D eigenvalue weighted by Gasteiger charge is -2.21. The summed E-state index contributed by atoms with van der Waals surface area (Å²) in [6.07, 6.45) is 13.5. The van der Waals surface area contributed by atoms with E-state index in [2.05, 4.69) is 43.5 Å². The minimum atomic E-state index is 1.07. The van der Waals surface area contributed by atoms with Gasteiger partial charge >= 0.3 is 0 Å². The van der Waals surface area contributed by atoms with Crippen molar-refractivity contribution in [2.45, 2.75) is 39.5 Å². The highest BCUT2D eigenvalue weighted by Gasteiger charge is 2.14. The molecule has 1 aliphatic carbocycles. The van der Waals surface area contributed by atoms with E-state index < -0.39 is 0 Å². The van der Waals surface area contributed by atoms with Crippen LogP contribution in [0.4, 0.5) is 0 Å². The maximum absolute atomic E-state index is 3.52. The van der Waals surface area contributed by atoms with Gasteiger partial charge in [-0.05, 0) is 42.9 Å². The van der Waals surface area contributed by atoms with Gasteiger partial charge in [0.05, 0.1) is 0 Å². The molecule has 0 aromatic carbocycles. The van der Waals surface area contributed by atoms with Gasteiger partial charge in [0.25, 0.3) is 0 Å². The molecule has 2 rings (SSSR count). The Labute approximate surface area is 92.3 Å². The van der Waals surface area contributed by atoms with Gasteiger partial charge in [0.15, 0.2) is 0 Å². The van der Waals surface area contributed by atoms with Crippen molar-refractivity contribution in [2.75, 3.05) is 0 Å². The van der Waals surface area contributed by atoms with E-state index >= 15 is 0 Å². The summed E-state index contributed by atoms with van der Waals surface area (Å²) in [5, 5.41) is 3.52. The van der Waals surface area contributed by atoms with E-state index in [-0.39, 0.29) is 0 Å². The Balaban J connectivity index is 2.29. The van der Waals surface area contributed by atoms with E-state index in [1.165, 1.54) is 22.5 Å². The van der Waals surface area contributed by atoms with Crippen LogP contribution >= 0.6 is 0 Å². The summed E-state index contributed by atoms with van der Waals surface area (Å²) in [6.45, 7) is 4.43. The van der Waals surface area contributed by atoms with Crippen LogP contribution in [0.5, 0.6) is 0 Å². The Morgan fingerprint density at radius 1 is 1.20 bits per heavy atom. The molecule has 1 heterocycles. The van der Waals surface area contributed by atoms with Crippen LogP contribution in [0.3, 0.4) is 0 Å². The van der Waals surface area contributed by atoms with Gasteiger partial charge < -0.3 is 5.32 Å². The van der Waals surface area contributed by atoms with E-state index in [0.29, 0.717) is 0 Å². The Morgan fingerprint density at radius 3 is 2.80 bits per heavy atom. The number of hydrogen-bond acceptors (Lipinski definition) is 1. The lowest BCUT2D eigenvalue weighted by molar-refractivity contribution is 0.847. The first-order valence-corrected chi connectivity index (χ1v) is 5.90.